The van der Waals surface area contributed by atoms with Gasteiger partial charge in [0.1, 0.15) is 15.7 Å². The first kappa shape index (κ1) is 13.1. The summed E-state index contributed by atoms with van der Waals surface area (Å²) in [4.78, 5) is 0.142. The van der Waals surface area contributed by atoms with Gasteiger partial charge in [-0.2, -0.15) is 0 Å². The normalized spacial score (nSPS) is 13.6. The number of benzene rings is 1. The Kier molecular flexibility index (Phi) is 4.03. The maximum Gasteiger partial charge on any atom is 0.148 e. The van der Waals surface area contributed by atoms with E-state index in [0.717, 1.165) is 18.4 Å². The highest BCUT2D eigenvalue weighted by Crippen LogP contribution is 2.17. The third kappa shape index (κ3) is 3.90. The van der Waals surface area contributed by atoms with Crippen molar-refractivity contribution in [2.24, 2.45) is 0 Å². The van der Waals surface area contributed by atoms with Crippen molar-refractivity contribution in [2.45, 2.75) is 4.90 Å². The number of hydrogen-bond acceptors (Lipinski definition) is 4. The molecule has 0 aliphatic rings. The largest absolute Gasteiger partial charge is 0.398 e. The fourth-order valence-electron chi connectivity index (χ4n) is 1.04. The van der Waals surface area contributed by atoms with E-state index >= 15 is 0 Å². The first-order valence-corrected chi connectivity index (χ1v) is 7.78. The average molecular weight is 265 g/mol. The van der Waals surface area contributed by atoms with Crippen LogP contribution >= 0.6 is 0 Å². The summed E-state index contributed by atoms with van der Waals surface area (Å²) in [7, 11) is -4.77. The van der Waals surface area contributed by atoms with Crippen molar-refractivity contribution in [3.8, 4) is 0 Å². The van der Waals surface area contributed by atoms with E-state index in [1.165, 1.54) is 6.07 Å². The van der Waals surface area contributed by atoms with Crippen molar-refractivity contribution in [1.29, 1.82) is 0 Å². The van der Waals surface area contributed by atoms with Crippen LogP contribution in [-0.2, 0) is 20.6 Å². The fraction of sp³-hybridized carbons (Fsp3) is 0.333. The van der Waals surface area contributed by atoms with E-state index in [0.29, 0.717) is 0 Å². The van der Waals surface area contributed by atoms with E-state index in [1.807, 2.05) is 0 Å². The molecule has 1 unspecified atom stereocenters. The maximum absolute atomic E-state index is 12.9. The second kappa shape index (κ2) is 4.92. The Morgan fingerprint density at radius 3 is 2.62 bits per heavy atom. The van der Waals surface area contributed by atoms with E-state index in [4.69, 9.17) is 5.73 Å². The van der Waals surface area contributed by atoms with Crippen molar-refractivity contribution in [1.82, 2.24) is 0 Å². The van der Waals surface area contributed by atoms with Crippen LogP contribution in [0.15, 0.2) is 23.1 Å². The van der Waals surface area contributed by atoms with Crippen LogP contribution in [0.1, 0.15) is 0 Å². The van der Waals surface area contributed by atoms with Gasteiger partial charge >= 0.3 is 0 Å². The van der Waals surface area contributed by atoms with Gasteiger partial charge in [0, 0.05) is 17.7 Å². The molecule has 1 aromatic rings. The molecule has 0 amide bonds. The summed E-state index contributed by atoms with van der Waals surface area (Å²) < 4.78 is 46.3. The van der Waals surface area contributed by atoms with E-state index in [2.05, 4.69) is 0 Å². The van der Waals surface area contributed by atoms with Gasteiger partial charge in [-0.25, -0.2) is 12.8 Å². The third-order valence-corrected chi connectivity index (χ3v) is 4.48. The van der Waals surface area contributed by atoms with E-state index in [9.17, 15) is 17.0 Å². The molecule has 0 bridgehead atoms. The highest BCUT2D eigenvalue weighted by molar-refractivity contribution is 7.92. The topological polar surface area (TPSA) is 77.2 Å². The van der Waals surface area contributed by atoms with Gasteiger partial charge in [-0.05, 0) is 18.2 Å². The SMILES string of the molecule is CS(=O)(=O)CCS(=O)c1cc(F)ccc1N. The number of nitrogen functional groups attached to an aromatic ring is 1. The summed E-state index contributed by atoms with van der Waals surface area (Å²) in [6.07, 6.45) is 1.05. The van der Waals surface area contributed by atoms with Gasteiger partial charge in [0.25, 0.3) is 0 Å². The van der Waals surface area contributed by atoms with Crippen molar-refractivity contribution in [3.63, 3.8) is 0 Å². The zero-order valence-corrected chi connectivity index (χ0v) is 10.3. The quantitative estimate of drug-likeness (QED) is 0.807. The van der Waals surface area contributed by atoms with Crippen molar-refractivity contribution in [3.05, 3.63) is 24.0 Å². The Balaban J connectivity index is 2.85. The molecule has 0 aliphatic heterocycles. The summed E-state index contributed by atoms with van der Waals surface area (Å²) >= 11 is 0. The second-order valence-electron chi connectivity index (χ2n) is 3.36. The molecule has 0 fully saturated rings. The first-order chi connectivity index (χ1) is 7.29. The Labute approximate surface area is 96.0 Å². The lowest BCUT2D eigenvalue weighted by Gasteiger charge is -2.05. The Hall–Kier alpha value is -0.950. The Morgan fingerprint density at radius 2 is 2.06 bits per heavy atom. The highest BCUT2D eigenvalue weighted by Gasteiger charge is 2.12. The molecule has 4 nitrogen and oxygen atoms in total. The summed E-state index contributed by atoms with van der Waals surface area (Å²) in [6.45, 7) is 0. The molecule has 0 aromatic heterocycles. The highest BCUT2D eigenvalue weighted by atomic mass is 32.2. The number of sulfone groups is 1. The van der Waals surface area contributed by atoms with Gasteiger partial charge in [-0.15, -0.1) is 0 Å². The lowest BCUT2D eigenvalue weighted by molar-refractivity contribution is 0.602. The summed E-state index contributed by atoms with van der Waals surface area (Å²) in [5.74, 6) is -0.834. The number of hydrogen-bond donors (Lipinski definition) is 1. The molecule has 0 saturated carbocycles. The number of nitrogens with two attached hydrogens (primary N) is 1. The van der Waals surface area contributed by atoms with E-state index < -0.39 is 26.5 Å². The lowest BCUT2D eigenvalue weighted by atomic mass is 10.3. The van der Waals surface area contributed by atoms with E-state index in [-0.39, 0.29) is 22.1 Å². The summed E-state index contributed by atoms with van der Waals surface area (Å²) in [6, 6.07) is 3.53. The number of halogens is 1. The van der Waals surface area contributed by atoms with Gasteiger partial charge < -0.3 is 5.73 Å². The van der Waals surface area contributed by atoms with Crippen LogP contribution in [0, 0.1) is 5.82 Å². The molecule has 90 valence electrons. The van der Waals surface area contributed by atoms with Gasteiger partial charge in [0.15, 0.2) is 0 Å². The van der Waals surface area contributed by atoms with Crippen LogP contribution in [-0.4, -0.2) is 30.4 Å². The minimum Gasteiger partial charge on any atom is -0.398 e. The molecule has 0 aliphatic carbocycles. The molecule has 2 N–H and O–H groups in total. The molecule has 1 atom stereocenters. The molecular weight excluding hydrogens is 253 g/mol. The monoisotopic (exact) mass is 265 g/mol. The van der Waals surface area contributed by atoms with Crippen molar-refractivity contribution in [2.75, 3.05) is 23.5 Å². The van der Waals surface area contributed by atoms with Gasteiger partial charge in [-0.3, -0.25) is 4.21 Å². The number of anilines is 1. The fourth-order valence-corrected chi connectivity index (χ4v) is 3.65. The second-order valence-corrected chi connectivity index (χ2v) is 7.16. The maximum atomic E-state index is 12.9. The minimum absolute atomic E-state index is 0.0769. The van der Waals surface area contributed by atoms with Crippen molar-refractivity contribution >= 4 is 26.3 Å². The zero-order chi connectivity index (χ0) is 12.3. The predicted octanol–water partition coefficient (Wildman–Crippen LogP) is 0.560. The van der Waals surface area contributed by atoms with Crippen LogP contribution in [0.2, 0.25) is 0 Å². The van der Waals surface area contributed by atoms with Crippen LogP contribution in [0.5, 0.6) is 0 Å². The molecule has 16 heavy (non-hydrogen) atoms. The standard InChI is InChI=1S/C9H12FNO3S2/c1-16(13,14)5-4-15(12)9-6-7(10)2-3-8(9)11/h2-3,6H,4-5,11H2,1H3. The molecule has 1 rings (SSSR count). The average Bonchev–Trinajstić information content (AvgIpc) is 2.17. The van der Waals surface area contributed by atoms with Gasteiger partial charge in [0.05, 0.1) is 21.4 Å². The molecule has 0 radical (unpaired) electrons. The van der Waals surface area contributed by atoms with Gasteiger partial charge in [0.2, 0.25) is 0 Å². The van der Waals surface area contributed by atoms with Crippen molar-refractivity contribution < 1.29 is 17.0 Å². The lowest BCUT2D eigenvalue weighted by Crippen LogP contribution is -2.12. The minimum atomic E-state index is -3.18. The Bertz CT molecular complexity index is 513. The van der Waals surface area contributed by atoms with Crippen LogP contribution in [0.3, 0.4) is 0 Å². The van der Waals surface area contributed by atoms with Crippen LogP contribution < -0.4 is 5.73 Å². The number of rotatable bonds is 4. The molecule has 7 heteroatoms. The first-order valence-electron chi connectivity index (χ1n) is 4.41. The smallest absolute Gasteiger partial charge is 0.148 e. The molecule has 0 spiro atoms. The molecular formula is C9H12FNO3S2. The van der Waals surface area contributed by atoms with Gasteiger partial charge in [-0.1, -0.05) is 0 Å². The molecule has 0 saturated heterocycles. The van der Waals surface area contributed by atoms with Crippen LogP contribution in [0.4, 0.5) is 10.1 Å². The Morgan fingerprint density at radius 1 is 1.44 bits per heavy atom. The zero-order valence-electron chi connectivity index (χ0n) is 8.64. The summed E-state index contributed by atoms with van der Waals surface area (Å²) in [5, 5.41) is 0. The summed E-state index contributed by atoms with van der Waals surface area (Å²) in [5.41, 5.74) is 5.72. The molecule has 0 heterocycles. The third-order valence-electron chi connectivity index (χ3n) is 1.86. The predicted molar refractivity (Wildman–Crippen MR) is 61.8 cm³/mol. The van der Waals surface area contributed by atoms with E-state index in [1.54, 1.807) is 0 Å². The van der Waals surface area contributed by atoms with Crippen LogP contribution in [0.25, 0.3) is 0 Å². The molecule has 1 aromatic carbocycles.